The van der Waals surface area contributed by atoms with E-state index in [1.54, 1.807) is 30.3 Å². The molecule has 11 heteroatoms. The molecule has 0 aliphatic carbocycles. The number of hydrogen-bond acceptors (Lipinski definition) is 7. The van der Waals surface area contributed by atoms with E-state index in [1.807, 2.05) is 6.07 Å². The molecule has 3 rings (SSSR count). The molecule has 0 saturated carbocycles. The summed E-state index contributed by atoms with van der Waals surface area (Å²) in [6.07, 6.45) is -6.45. The van der Waals surface area contributed by atoms with Crippen molar-refractivity contribution < 1.29 is 27.4 Å². The van der Waals surface area contributed by atoms with Crippen LogP contribution in [0, 0.1) is 11.3 Å². The molecule has 0 aliphatic rings. The van der Waals surface area contributed by atoms with E-state index in [9.17, 15) is 18.0 Å². The van der Waals surface area contributed by atoms with Gasteiger partial charge in [-0.05, 0) is 29.8 Å². The number of aromatic nitrogens is 2. The summed E-state index contributed by atoms with van der Waals surface area (Å²) < 4.78 is 46.4. The molecule has 0 bridgehead atoms. The smallest absolute Gasteiger partial charge is 0.439 e. The van der Waals surface area contributed by atoms with Gasteiger partial charge in [0, 0.05) is 12.0 Å². The Morgan fingerprint density at radius 3 is 2.57 bits per heavy atom. The fourth-order valence-corrected chi connectivity index (χ4v) is 3.43. The van der Waals surface area contributed by atoms with Crippen LogP contribution in [0.15, 0.2) is 48.5 Å². The summed E-state index contributed by atoms with van der Waals surface area (Å²) in [7, 11) is 0. The first-order valence-electron chi connectivity index (χ1n) is 8.38. The minimum atomic E-state index is -4.81. The van der Waals surface area contributed by atoms with Gasteiger partial charge in [0.15, 0.2) is 11.1 Å². The number of nitrogens with zero attached hydrogens (tertiary/aromatic N) is 3. The molecule has 30 heavy (non-hydrogen) atoms. The predicted octanol–water partition coefficient (Wildman–Crippen LogP) is 4.35. The van der Waals surface area contributed by atoms with Crippen LogP contribution in [0.1, 0.15) is 22.2 Å². The number of hydrogen-bond donors (Lipinski definition) is 1. The third-order valence-electron chi connectivity index (χ3n) is 3.79. The van der Waals surface area contributed by atoms with Crippen LogP contribution in [0.5, 0.6) is 5.75 Å². The molecule has 1 amide bonds. The van der Waals surface area contributed by atoms with Crippen LogP contribution < -0.4 is 10.5 Å². The van der Waals surface area contributed by atoms with Crippen molar-refractivity contribution in [3.63, 3.8) is 0 Å². The zero-order chi connectivity index (χ0) is 21.7. The first kappa shape index (κ1) is 21.1. The van der Waals surface area contributed by atoms with Gasteiger partial charge in [0.05, 0.1) is 11.6 Å². The summed E-state index contributed by atoms with van der Waals surface area (Å²) in [5, 5.41) is 17.5. The standard InChI is InChI=1S/C19H13F3N4O3S/c20-19(21,22)29-14-3-1-2-13(9-14)16-25-26-17(30-16)15(28-18(24)27)8-11-4-6-12(10-23)7-5-11/h1-7,9,15H,8H2,(H2,24,27). The van der Waals surface area contributed by atoms with Crippen LogP contribution in [0.25, 0.3) is 10.6 Å². The van der Waals surface area contributed by atoms with Gasteiger partial charge in [0.2, 0.25) is 0 Å². The highest BCUT2D eigenvalue weighted by molar-refractivity contribution is 7.14. The van der Waals surface area contributed by atoms with E-state index in [-0.39, 0.29) is 12.2 Å². The maximum atomic E-state index is 12.4. The highest BCUT2D eigenvalue weighted by atomic mass is 32.1. The fourth-order valence-electron chi connectivity index (χ4n) is 2.56. The zero-order valence-electron chi connectivity index (χ0n) is 15.1. The number of carbonyl (C=O) groups excluding carboxylic acids is 1. The van der Waals surface area contributed by atoms with Crippen molar-refractivity contribution in [3.05, 3.63) is 64.7 Å². The molecular formula is C19H13F3N4O3S. The topological polar surface area (TPSA) is 111 Å². The van der Waals surface area contributed by atoms with Crippen molar-refractivity contribution in [2.75, 3.05) is 0 Å². The quantitative estimate of drug-likeness (QED) is 0.617. The van der Waals surface area contributed by atoms with Gasteiger partial charge in [0.1, 0.15) is 10.8 Å². The monoisotopic (exact) mass is 434 g/mol. The van der Waals surface area contributed by atoms with Crippen LogP contribution in [0.3, 0.4) is 0 Å². The molecule has 1 unspecified atom stereocenters. The first-order chi connectivity index (χ1) is 14.2. The van der Waals surface area contributed by atoms with E-state index in [4.69, 9.17) is 15.7 Å². The van der Waals surface area contributed by atoms with Crippen molar-refractivity contribution in [3.8, 4) is 22.4 Å². The van der Waals surface area contributed by atoms with Crippen LogP contribution >= 0.6 is 11.3 Å². The number of rotatable bonds is 6. The Bertz CT molecular complexity index is 1080. The molecule has 154 valence electrons. The van der Waals surface area contributed by atoms with Crippen molar-refractivity contribution in [1.82, 2.24) is 10.2 Å². The maximum Gasteiger partial charge on any atom is 0.573 e. The van der Waals surface area contributed by atoms with E-state index in [0.717, 1.165) is 16.9 Å². The Labute approximate surface area is 172 Å². The van der Waals surface area contributed by atoms with Gasteiger partial charge in [-0.3, -0.25) is 0 Å². The average Bonchev–Trinajstić information content (AvgIpc) is 3.17. The van der Waals surface area contributed by atoms with E-state index in [1.165, 1.54) is 18.2 Å². The summed E-state index contributed by atoms with van der Waals surface area (Å²) in [6.45, 7) is 0. The predicted molar refractivity (Wildman–Crippen MR) is 100 cm³/mol. The minimum Gasteiger partial charge on any atom is -0.439 e. The van der Waals surface area contributed by atoms with Crippen molar-refractivity contribution in [2.24, 2.45) is 5.73 Å². The third-order valence-corrected chi connectivity index (χ3v) is 4.86. The molecule has 1 atom stereocenters. The second-order valence-corrected chi connectivity index (χ2v) is 6.97. The lowest BCUT2D eigenvalue weighted by molar-refractivity contribution is -0.274. The highest BCUT2D eigenvalue weighted by Gasteiger charge is 2.31. The number of carbonyl (C=O) groups is 1. The minimum absolute atomic E-state index is 0.223. The Morgan fingerprint density at radius 2 is 1.93 bits per heavy atom. The Kier molecular flexibility index (Phi) is 6.17. The van der Waals surface area contributed by atoms with E-state index in [2.05, 4.69) is 14.9 Å². The Balaban J connectivity index is 1.84. The molecule has 2 aromatic carbocycles. The van der Waals surface area contributed by atoms with Gasteiger partial charge in [0.25, 0.3) is 0 Å². The van der Waals surface area contributed by atoms with Crippen LogP contribution in [-0.2, 0) is 11.2 Å². The molecule has 2 N–H and O–H groups in total. The van der Waals surface area contributed by atoms with E-state index >= 15 is 0 Å². The van der Waals surface area contributed by atoms with Crippen LogP contribution in [0.2, 0.25) is 0 Å². The Morgan fingerprint density at radius 1 is 1.20 bits per heavy atom. The van der Waals surface area contributed by atoms with Gasteiger partial charge < -0.3 is 15.2 Å². The second kappa shape index (κ2) is 8.79. The summed E-state index contributed by atoms with van der Waals surface area (Å²) in [5.74, 6) is -0.390. The number of alkyl halides is 3. The number of nitrogens with two attached hydrogens (primary N) is 1. The molecule has 0 fully saturated rings. The lowest BCUT2D eigenvalue weighted by Crippen LogP contribution is -2.19. The van der Waals surface area contributed by atoms with Gasteiger partial charge in [-0.2, -0.15) is 5.26 Å². The largest absolute Gasteiger partial charge is 0.573 e. The van der Waals surface area contributed by atoms with Crippen LogP contribution in [-0.4, -0.2) is 22.7 Å². The molecule has 0 aliphatic heterocycles. The average molecular weight is 434 g/mol. The number of benzene rings is 2. The molecule has 0 radical (unpaired) electrons. The lowest BCUT2D eigenvalue weighted by Gasteiger charge is -2.13. The number of primary amides is 1. The molecule has 7 nitrogen and oxygen atoms in total. The molecular weight excluding hydrogens is 421 g/mol. The van der Waals surface area contributed by atoms with Crippen molar-refractivity contribution >= 4 is 17.4 Å². The lowest BCUT2D eigenvalue weighted by atomic mass is 10.1. The van der Waals surface area contributed by atoms with Crippen LogP contribution in [0.4, 0.5) is 18.0 Å². The van der Waals surface area contributed by atoms with Gasteiger partial charge in [-0.25, -0.2) is 4.79 Å². The van der Waals surface area contributed by atoms with Gasteiger partial charge in [-0.15, -0.1) is 23.4 Å². The summed E-state index contributed by atoms with van der Waals surface area (Å²) in [5.41, 5.74) is 6.75. The number of amides is 1. The van der Waals surface area contributed by atoms with Gasteiger partial charge >= 0.3 is 12.5 Å². The van der Waals surface area contributed by atoms with Crippen molar-refractivity contribution in [1.29, 1.82) is 5.26 Å². The third kappa shape index (κ3) is 5.68. The second-order valence-electron chi connectivity index (χ2n) is 5.96. The molecule has 1 heterocycles. The first-order valence-corrected chi connectivity index (χ1v) is 9.20. The zero-order valence-corrected chi connectivity index (χ0v) is 15.9. The normalized spacial score (nSPS) is 12.1. The maximum absolute atomic E-state index is 12.4. The molecule has 3 aromatic rings. The number of nitriles is 1. The highest BCUT2D eigenvalue weighted by Crippen LogP contribution is 2.33. The SMILES string of the molecule is N#Cc1ccc(CC(OC(N)=O)c2nnc(-c3cccc(OC(F)(F)F)c3)s2)cc1. The summed E-state index contributed by atoms with van der Waals surface area (Å²) in [6, 6.07) is 14.0. The van der Waals surface area contributed by atoms with E-state index in [0.29, 0.717) is 21.1 Å². The van der Waals surface area contributed by atoms with E-state index < -0.39 is 18.6 Å². The van der Waals surface area contributed by atoms with Gasteiger partial charge in [-0.1, -0.05) is 35.6 Å². The fraction of sp³-hybridized carbons (Fsp3) is 0.158. The Hall–Kier alpha value is -3.65. The summed E-state index contributed by atoms with van der Waals surface area (Å²) >= 11 is 1.05. The van der Waals surface area contributed by atoms with Crippen molar-refractivity contribution in [2.45, 2.75) is 18.9 Å². The number of halogens is 3. The molecule has 1 aromatic heterocycles. The molecule has 0 spiro atoms. The summed E-state index contributed by atoms with van der Waals surface area (Å²) in [4.78, 5) is 11.3. The number of ether oxygens (including phenoxy) is 2. The molecule has 0 saturated heterocycles.